The maximum absolute atomic E-state index is 10.8. The number of hydrogen-bond donors (Lipinski definition) is 2. The number of anilines is 1. The summed E-state index contributed by atoms with van der Waals surface area (Å²) in [5, 5.41) is 14.4. The van der Waals surface area contributed by atoms with E-state index in [2.05, 4.69) is 59.0 Å². The Bertz CT molecular complexity index is 514. The average Bonchev–Trinajstić information content (AvgIpc) is 2.39. The first-order valence-electron chi connectivity index (χ1n) is 8.73. The van der Waals surface area contributed by atoms with Crippen molar-refractivity contribution in [2.24, 2.45) is 0 Å². The minimum Gasteiger partial charge on any atom is -0.505 e. The largest absolute Gasteiger partial charge is 0.505 e. The van der Waals surface area contributed by atoms with Gasteiger partial charge in [-0.1, -0.05) is 66.9 Å². The van der Waals surface area contributed by atoms with Crippen LogP contribution in [0.4, 0.5) is 5.69 Å². The van der Waals surface area contributed by atoms with E-state index in [1.807, 2.05) is 0 Å². The van der Waals surface area contributed by atoms with Crippen LogP contribution in [0.15, 0.2) is 12.1 Å². The summed E-state index contributed by atoms with van der Waals surface area (Å²) in [5.41, 5.74) is 3.27. The molecular formula is C20H33NO. The molecule has 2 nitrogen and oxygen atoms in total. The molecule has 0 aromatic heterocycles. The van der Waals surface area contributed by atoms with Gasteiger partial charge in [0.1, 0.15) is 5.75 Å². The summed E-state index contributed by atoms with van der Waals surface area (Å²) >= 11 is 0. The van der Waals surface area contributed by atoms with E-state index in [0.717, 1.165) is 11.3 Å². The van der Waals surface area contributed by atoms with Crippen LogP contribution in [0.3, 0.4) is 0 Å². The summed E-state index contributed by atoms with van der Waals surface area (Å²) in [4.78, 5) is 0. The molecule has 22 heavy (non-hydrogen) atoms. The number of benzene rings is 1. The monoisotopic (exact) mass is 303 g/mol. The number of hydrogen-bond acceptors (Lipinski definition) is 2. The third kappa shape index (κ3) is 3.97. The van der Waals surface area contributed by atoms with Gasteiger partial charge in [-0.2, -0.15) is 0 Å². The molecule has 0 heterocycles. The second kappa shape index (κ2) is 6.14. The Morgan fingerprint density at radius 1 is 0.909 bits per heavy atom. The zero-order valence-corrected chi connectivity index (χ0v) is 15.2. The van der Waals surface area contributed by atoms with E-state index in [-0.39, 0.29) is 10.8 Å². The van der Waals surface area contributed by atoms with Gasteiger partial charge in [0, 0.05) is 11.6 Å². The van der Waals surface area contributed by atoms with Gasteiger partial charge in [-0.05, 0) is 35.3 Å². The quantitative estimate of drug-likeness (QED) is 0.684. The lowest BCUT2D eigenvalue weighted by Gasteiger charge is -2.30. The number of nitrogens with one attached hydrogen (secondary N) is 1. The zero-order chi connectivity index (χ0) is 16.5. The molecule has 2 rings (SSSR count). The van der Waals surface area contributed by atoms with Gasteiger partial charge in [0.15, 0.2) is 0 Å². The molecule has 1 fully saturated rings. The smallest absolute Gasteiger partial charge is 0.142 e. The van der Waals surface area contributed by atoms with E-state index in [0.29, 0.717) is 11.8 Å². The molecule has 1 aromatic rings. The highest BCUT2D eigenvalue weighted by atomic mass is 16.3. The van der Waals surface area contributed by atoms with Crippen molar-refractivity contribution in [3.05, 3.63) is 23.3 Å². The van der Waals surface area contributed by atoms with Gasteiger partial charge in [0.05, 0.1) is 5.69 Å². The fourth-order valence-corrected chi connectivity index (χ4v) is 3.22. The SMILES string of the molecule is CC(C)(C)c1cc(NC2CCCCC2)c(O)c(C(C)(C)C)c1. The first-order chi connectivity index (χ1) is 10.1. The fraction of sp³-hybridized carbons (Fsp3) is 0.700. The predicted molar refractivity (Wildman–Crippen MR) is 96.0 cm³/mol. The molecule has 2 heteroatoms. The molecule has 0 saturated heterocycles. The highest BCUT2D eigenvalue weighted by Gasteiger charge is 2.26. The van der Waals surface area contributed by atoms with Crippen molar-refractivity contribution < 1.29 is 5.11 Å². The van der Waals surface area contributed by atoms with Crippen LogP contribution in [0.2, 0.25) is 0 Å². The van der Waals surface area contributed by atoms with E-state index >= 15 is 0 Å². The molecule has 0 atom stereocenters. The second-order valence-electron chi connectivity index (χ2n) is 8.90. The lowest BCUT2D eigenvalue weighted by Crippen LogP contribution is -2.24. The van der Waals surface area contributed by atoms with Crippen LogP contribution in [0.25, 0.3) is 0 Å². The van der Waals surface area contributed by atoms with Crippen LogP contribution in [0.5, 0.6) is 5.75 Å². The standard InChI is InChI=1S/C20H33NO/c1-19(2,3)14-12-16(20(4,5)6)18(22)17(13-14)21-15-10-8-7-9-11-15/h12-13,15,21-22H,7-11H2,1-6H3. The molecule has 124 valence electrons. The van der Waals surface area contributed by atoms with E-state index in [1.54, 1.807) is 0 Å². The molecule has 1 aliphatic carbocycles. The van der Waals surface area contributed by atoms with Crippen molar-refractivity contribution in [3.63, 3.8) is 0 Å². The summed E-state index contributed by atoms with van der Waals surface area (Å²) in [7, 11) is 0. The highest BCUT2D eigenvalue weighted by molar-refractivity contribution is 5.64. The van der Waals surface area contributed by atoms with Gasteiger partial charge in [-0.25, -0.2) is 0 Å². The lowest BCUT2D eigenvalue weighted by atomic mass is 9.79. The maximum atomic E-state index is 10.8. The summed E-state index contributed by atoms with van der Waals surface area (Å²) in [6.07, 6.45) is 6.36. The van der Waals surface area contributed by atoms with Crippen LogP contribution in [-0.2, 0) is 10.8 Å². The molecule has 2 N–H and O–H groups in total. The summed E-state index contributed by atoms with van der Waals surface area (Å²) in [6.45, 7) is 13.2. The van der Waals surface area contributed by atoms with Gasteiger partial charge in [-0.15, -0.1) is 0 Å². The first-order valence-corrected chi connectivity index (χ1v) is 8.73. The van der Waals surface area contributed by atoms with Crippen molar-refractivity contribution in [1.29, 1.82) is 0 Å². The molecule has 0 amide bonds. The van der Waals surface area contributed by atoms with E-state index < -0.39 is 0 Å². The lowest BCUT2D eigenvalue weighted by molar-refractivity contribution is 0.437. The Morgan fingerprint density at radius 2 is 1.50 bits per heavy atom. The Kier molecular flexibility index (Phi) is 4.79. The van der Waals surface area contributed by atoms with Crippen molar-refractivity contribution in [3.8, 4) is 5.75 Å². The Hall–Kier alpha value is -1.18. The predicted octanol–water partition coefficient (Wildman–Crippen LogP) is 5.73. The molecule has 0 aliphatic heterocycles. The van der Waals surface area contributed by atoms with Crippen LogP contribution in [0, 0.1) is 0 Å². The van der Waals surface area contributed by atoms with Gasteiger partial charge >= 0.3 is 0 Å². The number of phenolic OH excluding ortho intramolecular Hbond substituents is 1. The van der Waals surface area contributed by atoms with Crippen LogP contribution in [0.1, 0.15) is 84.8 Å². The number of aromatic hydroxyl groups is 1. The number of rotatable bonds is 2. The van der Waals surface area contributed by atoms with Crippen LogP contribution < -0.4 is 5.32 Å². The Balaban J connectivity index is 2.42. The summed E-state index contributed by atoms with van der Waals surface area (Å²) < 4.78 is 0. The van der Waals surface area contributed by atoms with Crippen LogP contribution in [-0.4, -0.2) is 11.1 Å². The molecule has 1 aromatic carbocycles. The second-order valence-corrected chi connectivity index (χ2v) is 8.90. The van der Waals surface area contributed by atoms with E-state index in [1.165, 1.54) is 37.7 Å². The molecule has 0 spiro atoms. The average molecular weight is 303 g/mol. The zero-order valence-electron chi connectivity index (χ0n) is 15.2. The fourth-order valence-electron chi connectivity index (χ4n) is 3.22. The molecule has 0 unspecified atom stereocenters. The van der Waals surface area contributed by atoms with Crippen LogP contribution >= 0.6 is 0 Å². The van der Waals surface area contributed by atoms with Gasteiger partial charge in [-0.3, -0.25) is 0 Å². The van der Waals surface area contributed by atoms with Crippen molar-refractivity contribution >= 4 is 5.69 Å². The van der Waals surface area contributed by atoms with Gasteiger partial charge < -0.3 is 10.4 Å². The highest BCUT2D eigenvalue weighted by Crippen LogP contribution is 2.41. The topological polar surface area (TPSA) is 32.3 Å². The minimum atomic E-state index is -0.0612. The van der Waals surface area contributed by atoms with E-state index in [9.17, 15) is 5.11 Å². The Labute approximate surface area is 136 Å². The molecule has 1 saturated carbocycles. The first kappa shape index (κ1) is 17.2. The van der Waals surface area contributed by atoms with Gasteiger partial charge in [0.2, 0.25) is 0 Å². The summed E-state index contributed by atoms with van der Waals surface area (Å²) in [5.74, 6) is 0.436. The molecule has 1 aliphatic rings. The minimum absolute atomic E-state index is 0.0612. The van der Waals surface area contributed by atoms with Gasteiger partial charge in [0.25, 0.3) is 0 Å². The third-order valence-corrected chi connectivity index (χ3v) is 4.75. The molecule has 0 bridgehead atoms. The van der Waals surface area contributed by atoms with Crippen molar-refractivity contribution in [2.45, 2.75) is 90.5 Å². The van der Waals surface area contributed by atoms with Crippen molar-refractivity contribution in [2.75, 3.05) is 5.32 Å². The van der Waals surface area contributed by atoms with E-state index in [4.69, 9.17) is 0 Å². The molecule has 0 radical (unpaired) electrons. The molecular weight excluding hydrogens is 270 g/mol. The summed E-state index contributed by atoms with van der Waals surface area (Å²) in [6, 6.07) is 4.84. The third-order valence-electron chi connectivity index (χ3n) is 4.75. The Morgan fingerprint density at radius 3 is 2.00 bits per heavy atom. The maximum Gasteiger partial charge on any atom is 0.142 e. The normalized spacial score (nSPS) is 17.5. The number of phenols is 1. The van der Waals surface area contributed by atoms with Crippen molar-refractivity contribution in [1.82, 2.24) is 0 Å².